The normalized spacial score (nSPS) is 11.7. The van der Waals surface area contributed by atoms with Gasteiger partial charge in [0.2, 0.25) is 0 Å². The smallest absolute Gasteiger partial charge is 0.265 e. The summed E-state index contributed by atoms with van der Waals surface area (Å²) in [5, 5.41) is 3.34. The van der Waals surface area contributed by atoms with Crippen molar-refractivity contribution in [2.24, 2.45) is 5.73 Å². The first-order valence-electron chi connectivity index (χ1n) is 7.47. The number of carbonyl (C=O) groups is 2. The molecule has 2 aromatic rings. The number of nitrogens with two attached hydrogens (primary N) is 1. The molecular formula is C18H19ClN2O3. The number of hydrogen-bond donors (Lipinski definition) is 2. The summed E-state index contributed by atoms with van der Waals surface area (Å²) in [5.74, 6) is 0.0861. The van der Waals surface area contributed by atoms with Gasteiger partial charge in [0.1, 0.15) is 5.75 Å². The lowest BCUT2D eigenvalue weighted by atomic mass is 10.1. The fraction of sp³-hybridized carbons (Fsp3) is 0.222. The second kappa shape index (κ2) is 7.95. The molecule has 6 heteroatoms. The number of aryl methyl sites for hydroxylation is 1. The lowest BCUT2D eigenvalue weighted by molar-refractivity contribution is -0.122. The number of halogens is 1. The van der Waals surface area contributed by atoms with Gasteiger partial charge < -0.3 is 15.8 Å². The Morgan fingerprint density at radius 2 is 2.00 bits per heavy atom. The summed E-state index contributed by atoms with van der Waals surface area (Å²) in [7, 11) is 0. The Hall–Kier alpha value is -2.37. The van der Waals surface area contributed by atoms with E-state index in [0.29, 0.717) is 22.0 Å². The highest BCUT2D eigenvalue weighted by molar-refractivity contribution is 6.30. The molecule has 0 aliphatic rings. The molecule has 3 N–H and O–H groups in total. The van der Waals surface area contributed by atoms with Crippen LogP contribution in [0.25, 0.3) is 0 Å². The summed E-state index contributed by atoms with van der Waals surface area (Å²) in [5.41, 5.74) is 7.17. The lowest BCUT2D eigenvalue weighted by Crippen LogP contribution is -2.30. The van der Waals surface area contributed by atoms with Crippen LogP contribution in [0.2, 0.25) is 5.02 Å². The maximum Gasteiger partial charge on any atom is 0.265 e. The minimum atomic E-state index is -0.709. The van der Waals surface area contributed by atoms with Gasteiger partial charge in [-0.2, -0.15) is 0 Å². The quantitative estimate of drug-likeness (QED) is 0.787. The van der Waals surface area contributed by atoms with E-state index in [1.807, 2.05) is 6.92 Å². The van der Waals surface area contributed by atoms with Gasteiger partial charge in [-0.05, 0) is 49.7 Å². The van der Waals surface area contributed by atoms with Crippen molar-refractivity contribution < 1.29 is 14.3 Å². The number of ether oxygens (including phenoxy) is 1. The highest BCUT2D eigenvalue weighted by Crippen LogP contribution is 2.23. The molecule has 0 fully saturated rings. The summed E-state index contributed by atoms with van der Waals surface area (Å²) in [4.78, 5) is 23.9. The Kier molecular flexibility index (Phi) is 5.95. The number of ketones is 1. The molecule has 126 valence electrons. The van der Waals surface area contributed by atoms with Crippen molar-refractivity contribution in [3.63, 3.8) is 0 Å². The molecule has 5 nitrogen and oxygen atoms in total. The molecule has 1 amide bonds. The molecule has 0 spiro atoms. The van der Waals surface area contributed by atoms with Gasteiger partial charge in [-0.3, -0.25) is 9.59 Å². The van der Waals surface area contributed by atoms with Crippen molar-refractivity contribution in [1.29, 1.82) is 0 Å². The van der Waals surface area contributed by atoms with Gasteiger partial charge >= 0.3 is 0 Å². The number of anilines is 1. The van der Waals surface area contributed by atoms with Crippen molar-refractivity contribution in [2.75, 3.05) is 11.9 Å². The van der Waals surface area contributed by atoms with E-state index in [2.05, 4.69) is 5.32 Å². The second-order valence-corrected chi connectivity index (χ2v) is 5.80. The highest BCUT2D eigenvalue weighted by atomic mass is 35.5. The Labute approximate surface area is 145 Å². The lowest BCUT2D eigenvalue weighted by Gasteiger charge is -2.16. The molecule has 0 radical (unpaired) electrons. The van der Waals surface area contributed by atoms with Gasteiger partial charge in [-0.25, -0.2) is 0 Å². The maximum absolute atomic E-state index is 12.3. The van der Waals surface area contributed by atoms with E-state index in [4.69, 9.17) is 22.1 Å². The number of nitrogens with one attached hydrogen (secondary N) is 1. The number of benzene rings is 2. The summed E-state index contributed by atoms with van der Waals surface area (Å²) < 4.78 is 5.68. The third kappa shape index (κ3) is 4.57. The molecule has 1 unspecified atom stereocenters. The van der Waals surface area contributed by atoms with Crippen molar-refractivity contribution in [3.8, 4) is 5.75 Å². The molecule has 0 saturated carbocycles. The average molecular weight is 347 g/mol. The van der Waals surface area contributed by atoms with Crippen molar-refractivity contribution in [1.82, 2.24) is 0 Å². The predicted octanol–water partition coefficient (Wildman–Crippen LogP) is 3.20. The number of rotatable bonds is 6. The summed E-state index contributed by atoms with van der Waals surface area (Å²) in [6.07, 6.45) is -0.709. The zero-order chi connectivity index (χ0) is 17.7. The zero-order valence-corrected chi connectivity index (χ0v) is 14.3. The van der Waals surface area contributed by atoms with Crippen LogP contribution in [0.4, 0.5) is 5.69 Å². The Bertz CT molecular complexity index is 762. The predicted molar refractivity (Wildman–Crippen MR) is 94.7 cm³/mol. The molecule has 24 heavy (non-hydrogen) atoms. The Balaban J connectivity index is 2.05. The van der Waals surface area contributed by atoms with Crippen LogP contribution in [0, 0.1) is 6.92 Å². The molecule has 2 rings (SSSR count). The van der Waals surface area contributed by atoms with Crippen molar-refractivity contribution >= 4 is 29.0 Å². The first kappa shape index (κ1) is 18.0. The largest absolute Gasteiger partial charge is 0.481 e. The highest BCUT2D eigenvalue weighted by Gasteiger charge is 2.16. The number of amides is 1. The molecule has 0 heterocycles. The molecule has 0 aliphatic carbocycles. The molecule has 2 aromatic carbocycles. The van der Waals surface area contributed by atoms with Gasteiger partial charge in [0, 0.05) is 16.3 Å². The summed E-state index contributed by atoms with van der Waals surface area (Å²) in [6.45, 7) is 3.43. The van der Waals surface area contributed by atoms with Crippen LogP contribution in [0.15, 0.2) is 42.5 Å². The summed E-state index contributed by atoms with van der Waals surface area (Å²) >= 11 is 5.90. The van der Waals surface area contributed by atoms with Crippen molar-refractivity contribution in [2.45, 2.75) is 20.0 Å². The van der Waals surface area contributed by atoms with Gasteiger partial charge in [0.25, 0.3) is 5.91 Å². The molecule has 0 saturated heterocycles. The van der Waals surface area contributed by atoms with Gasteiger partial charge in [-0.1, -0.05) is 23.7 Å². The molecule has 1 atom stereocenters. The Morgan fingerprint density at radius 1 is 1.25 bits per heavy atom. The number of Topliss-reactive ketones (excluding diaryl/α,β-unsaturated/α-hetero) is 1. The monoisotopic (exact) mass is 346 g/mol. The topological polar surface area (TPSA) is 81.4 Å². The molecule has 0 aromatic heterocycles. The first-order chi connectivity index (χ1) is 11.4. The van der Waals surface area contributed by atoms with E-state index < -0.39 is 6.10 Å². The van der Waals surface area contributed by atoms with Crippen LogP contribution in [0.5, 0.6) is 5.75 Å². The van der Waals surface area contributed by atoms with E-state index >= 15 is 0 Å². The average Bonchev–Trinajstić information content (AvgIpc) is 2.56. The minimum Gasteiger partial charge on any atom is -0.481 e. The first-order valence-corrected chi connectivity index (χ1v) is 7.85. The molecule has 0 bridgehead atoms. The van der Waals surface area contributed by atoms with Gasteiger partial charge in [-0.15, -0.1) is 0 Å². The standard InChI is InChI=1S/C18H19ClN2O3/c1-11-8-14(19)6-7-17(11)24-12(2)18(23)21-15-5-3-4-13(9-15)16(22)10-20/h3-9,12H,10,20H2,1-2H3,(H,21,23). The molecular weight excluding hydrogens is 328 g/mol. The van der Waals surface area contributed by atoms with Crippen molar-refractivity contribution in [3.05, 3.63) is 58.6 Å². The van der Waals surface area contributed by atoms with E-state index in [1.54, 1.807) is 49.4 Å². The van der Waals surface area contributed by atoms with Crippen LogP contribution < -0.4 is 15.8 Å². The summed E-state index contributed by atoms with van der Waals surface area (Å²) in [6, 6.07) is 11.8. The Morgan fingerprint density at radius 3 is 2.67 bits per heavy atom. The zero-order valence-electron chi connectivity index (χ0n) is 13.5. The number of carbonyl (C=O) groups excluding carboxylic acids is 2. The minimum absolute atomic E-state index is 0.0766. The van der Waals surface area contributed by atoms with Crippen LogP contribution in [0.1, 0.15) is 22.8 Å². The van der Waals surface area contributed by atoms with Gasteiger partial charge in [0.05, 0.1) is 6.54 Å². The number of hydrogen-bond acceptors (Lipinski definition) is 4. The van der Waals surface area contributed by atoms with Crippen LogP contribution >= 0.6 is 11.6 Å². The SMILES string of the molecule is Cc1cc(Cl)ccc1OC(C)C(=O)Nc1cccc(C(=O)CN)c1. The van der Waals surface area contributed by atoms with E-state index in [0.717, 1.165) is 5.56 Å². The van der Waals surface area contributed by atoms with Gasteiger partial charge in [0.15, 0.2) is 11.9 Å². The van der Waals surface area contributed by atoms with E-state index in [-0.39, 0.29) is 18.2 Å². The van der Waals surface area contributed by atoms with Crippen LogP contribution in [-0.4, -0.2) is 24.3 Å². The molecule has 0 aliphatic heterocycles. The van der Waals surface area contributed by atoms with Crippen LogP contribution in [0.3, 0.4) is 0 Å². The fourth-order valence-corrected chi connectivity index (χ4v) is 2.35. The third-order valence-corrected chi connectivity index (χ3v) is 3.68. The van der Waals surface area contributed by atoms with E-state index in [1.165, 1.54) is 0 Å². The fourth-order valence-electron chi connectivity index (χ4n) is 2.12. The second-order valence-electron chi connectivity index (χ2n) is 5.37. The third-order valence-electron chi connectivity index (χ3n) is 3.45. The van der Waals surface area contributed by atoms with E-state index in [9.17, 15) is 9.59 Å². The maximum atomic E-state index is 12.3. The van der Waals surface area contributed by atoms with Crippen LogP contribution in [-0.2, 0) is 4.79 Å².